The molecule has 1 aromatic heterocycles. The number of amides is 2. The maximum Gasteiger partial charge on any atom is 0.411 e. The SMILES string of the molecule is CC(C)(C)C(OC(=O)N1CCC1)N1CCN(c2ccc(C(=O)Nc3n[nH]c4ccc(Cc5cc(F)cc(F)c5)cc34)c(NC3CCOCC3)c2)CC1. The summed E-state index contributed by atoms with van der Waals surface area (Å²) in [6.07, 6.45) is 2.42. The fourth-order valence-electron chi connectivity index (χ4n) is 7.18. The number of hydrogen-bond acceptors (Lipinski definition) is 8. The second-order valence-electron chi connectivity index (χ2n) is 15.1. The highest BCUT2D eigenvalue weighted by atomic mass is 19.1. The van der Waals surface area contributed by atoms with Gasteiger partial charge in [-0.2, -0.15) is 5.10 Å². The van der Waals surface area contributed by atoms with E-state index in [1.54, 1.807) is 4.90 Å². The molecule has 7 rings (SSSR count). The van der Waals surface area contributed by atoms with E-state index < -0.39 is 11.6 Å². The van der Waals surface area contributed by atoms with Gasteiger partial charge in [-0.3, -0.25) is 14.8 Å². The van der Waals surface area contributed by atoms with Crippen LogP contribution >= 0.6 is 0 Å². The van der Waals surface area contributed by atoms with Gasteiger partial charge < -0.3 is 29.9 Å². The summed E-state index contributed by atoms with van der Waals surface area (Å²) in [4.78, 5) is 33.0. The number of H-pyrrole nitrogens is 1. The van der Waals surface area contributed by atoms with Crippen LogP contribution in [0.5, 0.6) is 0 Å². The van der Waals surface area contributed by atoms with Gasteiger partial charge in [-0.25, -0.2) is 13.6 Å². The average molecular weight is 716 g/mol. The Hall–Kier alpha value is -4.75. The molecule has 0 saturated carbocycles. The second kappa shape index (κ2) is 15.1. The van der Waals surface area contributed by atoms with E-state index in [1.165, 1.54) is 12.1 Å². The zero-order chi connectivity index (χ0) is 36.4. The van der Waals surface area contributed by atoms with Crippen LogP contribution in [0.25, 0.3) is 10.9 Å². The van der Waals surface area contributed by atoms with Crippen LogP contribution in [-0.4, -0.2) is 96.7 Å². The molecule has 0 bridgehead atoms. The average Bonchev–Trinajstić information content (AvgIpc) is 3.47. The topological polar surface area (TPSA) is 115 Å². The molecule has 3 N–H and O–H groups in total. The Bertz CT molecular complexity index is 1890. The Kier molecular flexibility index (Phi) is 10.3. The van der Waals surface area contributed by atoms with Crippen LogP contribution in [-0.2, 0) is 15.9 Å². The summed E-state index contributed by atoms with van der Waals surface area (Å²) in [5, 5.41) is 14.7. The first-order chi connectivity index (χ1) is 25.0. The minimum Gasteiger partial charge on any atom is -0.429 e. The summed E-state index contributed by atoms with van der Waals surface area (Å²) in [6, 6.07) is 15.1. The van der Waals surface area contributed by atoms with Gasteiger partial charge in [0.2, 0.25) is 0 Å². The molecule has 3 aromatic carbocycles. The van der Waals surface area contributed by atoms with Crippen molar-refractivity contribution in [3.05, 3.63) is 82.9 Å². The Morgan fingerprint density at radius 2 is 1.67 bits per heavy atom. The maximum absolute atomic E-state index is 14.0. The van der Waals surface area contributed by atoms with Gasteiger partial charge in [-0.15, -0.1) is 0 Å². The van der Waals surface area contributed by atoms with E-state index in [4.69, 9.17) is 9.47 Å². The Labute approximate surface area is 302 Å². The van der Waals surface area contributed by atoms with E-state index in [1.807, 2.05) is 36.4 Å². The summed E-state index contributed by atoms with van der Waals surface area (Å²) >= 11 is 0. The first-order valence-electron chi connectivity index (χ1n) is 18.2. The van der Waals surface area contributed by atoms with E-state index >= 15 is 0 Å². The van der Waals surface area contributed by atoms with Crippen LogP contribution in [0.3, 0.4) is 0 Å². The summed E-state index contributed by atoms with van der Waals surface area (Å²) in [5.41, 5.74) is 4.03. The molecular formula is C39H47F2N7O4. The van der Waals surface area contributed by atoms with Crippen molar-refractivity contribution in [1.29, 1.82) is 0 Å². The monoisotopic (exact) mass is 715 g/mol. The molecule has 1 atom stereocenters. The smallest absolute Gasteiger partial charge is 0.411 e. The van der Waals surface area contributed by atoms with E-state index in [2.05, 4.69) is 51.4 Å². The largest absolute Gasteiger partial charge is 0.429 e. The van der Waals surface area contributed by atoms with E-state index in [0.29, 0.717) is 42.0 Å². The van der Waals surface area contributed by atoms with Gasteiger partial charge >= 0.3 is 6.09 Å². The molecule has 3 fully saturated rings. The number of halogens is 2. The third-order valence-electron chi connectivity index (χ3n) is 10.1. The number of benzene rings is 3. The Morgan fingerprint density at radius 1 is 0.942 bits per heavy atom. The van der Waals surface area contributed by atoms with Crippen molar-refractivity contribution in [3.63, 3.8) is 0 Å². The number of likely N-dealkylation sites (tertiary alicyclic amines) is 1. The van der Waals surface area contributed by atoms with Crippen molar-refractivity contribution in [1.82, 2.24) is 20.0 Å². The summed E-state index contributed by atoms with van der Waals surface area (Å²) in [5.74, 6) is -1.19. The number of piperazine rings is 1. The molecule has 13 heteroatoms. The number of anilines is 3. The van der Waals surface area contributed by atoms with Crippen molar-refractivity contribution < 1.29 is 27.8 Å². The predicted molar refractivity (Wildman–Crippen MR) is 197 cm³/mol. The zero-order valence-electron chi connectivity index (χ0n) is 30.0. The molecule has 0 aliphatic carbocycles. The first kappa shape index (κ1) is 35.6. The van der Waals surface area contributed by atoms with Crippen molar-refractivity contribution >= 4 is 40.1 Å². The molecule has 4 aromatic rings. The predicted octanol–water partition coefficient (Wildman–Crippen LogP) is 6.61. The first-order valence-corrected chi connectivity index (χ1v) is 18.2. The molecule has 4 heterocycles. The molecule has 3 aliphatic rings. The van der Waals surface area contributed by atoms with Gasteiger partial charge in [0.25, 0.3) is 5.91 Å². The number of rotatable bonds is 9. The number of fused-ring (bicyclic) bond motifs is 1. The van der Waals surface area contributed by atoms with Crippen LogP contribution in [0.4, 0.5) is 30.8 Å². The normalized spacial score (nSPS) is 17.9. The van der Waals surface area contributed by atoms with Gasteiger partial charge in [0.1, 0.15) is 11.6 Å². The fourth-order valence-corrected chi connectivity index (χ4v) is 7.18. The number of carbonyl (C=O) groups is 2. The van der Waals surface area contributed by atoms with Crippen molar-refractivity contribution in [2.45, 2.75) is 58.7 Å². The lowest BCUT2D eigenvalue weighted by Gasteiger charge is -2.45. The molecule has 0 spiro atoms. The molecular weight excluding hydrogens is 668 g/mol. The molecule has 11 nitrogen and oxygen atoms in total. The van der Waals surface area contributed by atoms with E-state index in [0.717, 1.165) is 87.1 Å². The number of aromatic amines is 1. The number of aromatic nitrogens is 2. The third kappa shape index (κ3) is 8.15. The third-order valence-corrected chi connectivity index (χ3v) is 10.1. The molecule has 2 amide bonds. The van der Waals surface area contributed by atoms with E-state index in [9.17, 15) is 18.4 Å². The van der Waals surface area contributed by atoms with E-state index in [-0.39, 0.29) is 29.7 Å². The van der Waals surface area contributed by atoms with Crippen LogP contribution in [0, 0.1) is 17.0 Å². The maximum atomic E-state index is 14.0. The van der Waals surface area contributed by atoms with Crippen LogP contribution in [0.1, 0.15) is 61.5 Å². The number of carbonyl (C=O) groups excluding carboxylic acids is 2. The van der Waals surface area contributed by atoms with Crippen molar-refractivity contribution in [3.8, 4) is 0 Å². The van der Waals surface area contributed by atoms with Gasteiger partial charge in [-0.1, -0.05) is 26.8 Å². The Morgan fingerprint density at radius 3 is 2.35 bits per heavy atom. The highest BCUT2D eigenvalue weighted by molar-refractivity contribution is 6.11. The number of nitrogens with one attached hydrogen (secondary N) is 3. The van der Waals surface area contributed by atoms with Crippen molar-refractivity contribution in [2.75, 3.05) is 68.0 Å². The summed E-state index contributed by atoms with van der Waals surface area (Å²) < 4.78 is 39.3. The van der Waals surface area contributed by atoms with Crippen LogP contribution in [0.2, 0.25) is 0 Å². The standard InChI is InChI=1S/C39H47F2N7O4/c1-39(2,3)37(52-38(50)48-11-4-12-48)47-15-13-46(14-16-47)30-6-7-31(34(24-30)42-29-9-17-51-18-10-29)36(49)43-35-32-22-25(5-8-33(32)44-45-35)19-26-20-27(40)23-28(41)21-26/h5-8,20-24,29,37,42H,4,9-19H2,1-3H3,(H2,43,44,45,49). The molecule has 52 heavy (non-hydrogen) atoms. The number of ether oxygens (including phenoxy) is 2. The highest BCUT2D eigenvalue weighted by Gasteiger charge is 2.37. The van der Waals surface area contributed by atoms with Crippen LogP contribution in [0.15, 0.2) is 54.6 Å². The van der Waals surface area contributed by atoms with Crippen LogP contribution < -0.4 is 15.5 Å². The van der Waals surface area contributed by atoms with Gasteiger partial charge in [0, 0.05) is 86.8 Å². The lowest BCUT2D eigenvalue weighted by Crippen LogP contribution is -2.57. The molecule has 0 radical (unpaired) electrons. The lowest BCUT2D eigenvalue weighted by atomic mass is 9.92. The molecule has 3 aliphatic heterocycles. The van der Waals surface area contributed by atoms with Crippen molar-refractivity contribution in [2.24, 2.45) is 5.41 Å². The second-order valence-corrected chi connectivity index (χ2v) is 15.1. The zero-order valence-corrected chi connectivity index (χ0v) is 30.0. The minimum atomic E-state index is -0.625. The minimum absolute atomic E-state index is 0.155. The molecule has 276 valence electrons. The van der Waals surface area contributed by atoms with Gasteiger partial charge in [0.05, 0.1) is 11.1 Å². The summed E-state index contributed by atoms with van der Waals surface area (Å²) in [7, 11) is 0. The van der Waals surface area contributed by atoms with Gasteiger partial charge in [-0.05, 0) is 79.3 Å². The molecule has 1 unspecified atom stereocenters. The lowest BCUT2D eigenvalue weighted by molar-refractivity contribution is -0.0927. The fraction of sp³-hybridized carbons (Fsp3) is 0.462. The van der Waals surface area contributed by atoms with Gasteiger partial charge in [0.15, 0.2) is 12.0 Å². The molecule has 3 saturated heterocycles. The summed E-state index contributed by atoms with van der Waals surface area (Å²) in [6.45, 7) is 12.0. The number of nitrogens with zero attached hydrogens (tertiary/aromatic N) is 4. The number of hydrogen-bond donors (Lipinski definition) is 3. The quantitative estimate of drug-likeness (QED) is 0.178. The Balaban J connectivity index is 1.08. The highest BCUT2D eigenvalue weighted by Crippen LogP contribution is 2.32.